The van der Waals surface area contributed by atoms with Gasteiger partial charge >= 0.3 is 0 Å². The normalized spacial score (nSPS) is 26.9. The van der Waals surface area contributed by atoms with Crippen LogP contribution in [0.3, 0.4) is 0 Å². The van der Waals surface area contributed by atoms with Gasteiger partial charge in [0.2, 0.25) is 0 Å². The van der Waals surface area contributed by atoms with Crippen LogP contribution < -0.4 is 5.32 Å². The van der Waals surface area contributed by atoms with Crippen molar-refractivity contribution in [2.75, 3.05) is 65.4 Å². The van der Waals surface area contributed by atoms with Gasteiger partial charge in [-0.15, -0.1) is 0 Å². The van der Waals surface area contributed by atoms with Gasteiger partial charge in [0.25, 0.3) is 0 Å². The molecule has 0 spiro atoms. The average molecular weight is 296 g/mol. The Bertz CT molecular complexity index is 254. The third-order valence-electron chi connectivity index (χ3n) is 5.20. The minimum atomic E-state index is 0.350. The Morgan fingerprint density at radius 2 is 1.00 bits per heavy atom. The second kappa shape index (κ2) is 8.44. The Hall–Kier alpha value is -0.200. The first-order valence-corrected chi connectivity index (χ1v) is 8.76. The number of hydrogen-bond donors (Lipinski definition) is 0. The van der Waals surface area contributed by atoms with Gasteiger partial charge in [-0.1, -0.05) is 13.8 Å². The van der Waals surface area contributed by atoms with E-state index in [2.05, 4.69) is 47.3 Å². The summed E-state index contributed by atoms with van der Waals surface area (Å²) < 4.78 is 0. The highest BCUT2D eigenvalue weighted by Gasteiger charge is 2.25. The molecule has 0 saturated carbocycles. The lowest BCUT2D eigenvalue weighted by molar-refractivity contribution is 0.0416. The molecule has 5 nitrogen and oxygen atoms in total. The molecule has 0 bridgehead atoms. The van der Waals surface area contributed by atoms with Gasteiger partial charge in [0.15, 0.2) is 0 Å². The predicted octanol–water partition coefficient (Wildman–Crippen LogP) is 0.558. The topological polar surface area (TPSA) is 27.1 Å². The zero-order valence-electron chi connectivity index (χ0n) is 14.5. The molecule has 0 aromatic carbocycles. The van der Waals surface area contributed by atoms with Crippen molar-refractivity contribution in [3.05, 3.63) is 0 Å². The van der Waals surface area contributed by atoms with Crippen molar-refractivity contribution in [3.8, 4) is 0 Å². The van der Waals surface area contributed by atoms with Gasteiger partial charge in [-0.05, 0) is 26.9 Å². The maximum atomic E-state index is 5.04. The fourth-order valence-corrected chi connectivity index (χ4v) is 3.41. The van der Waals surface area contributed by atoms with Crippen LogP contribution in [0.5, 0.6) is 0 Å². The maximum Gasteiger partial charge on any atom is 0.0751 e. The summed E-state index contributed by atoms with van der Waals surface area (Å²) in [6.45, 7) is 20.8. The SMILES string of the molecule is CCN1CCN(C(C)[N]C(C)N2CCN(CC)CC2)CC1. The van der Waals surface area contributed by atoms with Gasteiger partial charge < -0.3 is 9.80 Å². The monoisotopic (exact) mass is 296 g/mol. The molecule has 123 valence electrons. The van der Waals surface area contributed by atoms with Gasteiger partial charge in [0, 0.05) is 52.4 Å². The van der Waals surface area contributed by atoms with Crippen LogP contribution in [-0.4, -0.2) is 97.4 Å². The molecule has 0 aliphatic carbocycles. The molecule has 2 atom stereocenters. The first-order chi connectivity index (χ1) is 10.1. The summed E-state index contributed by atoms with van der Waals surface area (Å²) in [5, 5.41) is 5.04. The van der Waals surface area contributed by atoms with Gasteiger partial charge in [-0.3, -0.25) is 9.80 Å². The van der Waals surface area contributed by atoms with Crippen LogP contribution in [0.2, 0.25) is 0 Å². The molecule has 2 saturated heterocycles. The summed E-state index contributed by atoms with van der Waals surface area (Å²) in [7, 11) is 0. The van der Waals surface area contributed by atoms with Crippen molar-refractivity contribution >= 4 is 0 Å². The van der Waals surface area contributed by atoms with E-state index in [1.807, 2.05) is 0 Å². The molecule has 2 unspecified atom stereocenters. The fraction of sp³-hybridized carbons (Fsp3) is 1.00. The number of nitrogens with zero attached hydrogens (tertiary/aromatic N) is 5. The summed E-state index contributed by atoms with van der Waals surface area (Å²) in [6.07, 6.45) is 0.700. The van der Waals surface area contributed by atoms with Crippen molar-refractivity contribution in [2.45, 2.75) is 40.0 Å². The molecule has 1 radical (unpaired) electrons. The van der Waals surface area contributed by atoms with Gasteiger partial charge in [-0.2, -0.15) is 0 Å². The molecule has 2 aliphatic rings. The molecule has 5 heteroatoms. The zero-order chi connectivity index (χ0) is 15.2. The molecule has 21 heavy (non-hydrogen) atoms. The van der Waals surface area contributed by atoms with E-state index in [1.165, 1.54) is 39.3 Å². The Labute approximate surface area is 131 Å². The Morgan fingerprint density at radius 3 is 1.29 bits per heavy atom. The second-order valence-electron chi connectivity index (χ2n) is 6.35. The molecule has 2 rings (SSSR count). The lowest BCUT2D eigenvalue weighted by Gasteiger charge is -2.41. The number of piperazine rings is 2. The van der Waals surface area contributed by atoms with Crippen molar-refractivity contribution in [1.29, 1.82) is 0 Å². The zero-order valence-corrected chi connectivity index (χ0v) is 14.5. The maximum absolute atomic E-state index is 5.04. The van der Waals surface area contributed by atoms with Crippen LogP contribution in [0.25, 0.3) is 0 Å². The Kier molecular flexibility index (Phi) is 6.89. The molecule has 2 fully saturated rings. The van der Waals surface area contributed by atoms with E-state index < -0.39 is 0 Å². The number of rotatable bonds is 6. The molecule has 2 aliphatic heterocycles. The second-order valence-corrected chi connectivity index (χ2v) is 6.35. The van der Waals surface area contributed by atoms with Crippen LogP contribution in [0.4, 0.5) is 0 Å². The lowest BCUT2D eigenvalue weighted by Crippen LogP contribution is -2.57. The van der Waals surface area contributed by atoms with E-state index >= 15 is 0 Å². The first-order valence-electron chi connectivity index (χ1n) is 8.76. The summed E-state index contributed by atoms with van der Waals surface area (Å²) in [6, 6.07) is 0. The Balaban J connectivity index is 1.71. The van der Waals surface area contributed by atoms with Crippen LogP contribution in [0.15, 0.2) is 0 Å². The van der Waals surface area contributed by atoms with Crippen LogP contribution >= 0.6 is 0 Å². The standard InChI is InChI=1S/C16H34N5/c1-5-18-7-11-20(12-8-18)15(3)17-16(4)21-13-9-19(6-2)10-14-21/h15-16H,5-14H2,1-4H3. The molecule has 0 aromatic heterocycles. The molecule has 0 N–H and O–H groups in total. The van der Waals surface area contributed by atoms with Crippen molar-refractivity contribution in [2.24, 2.45) is 0 Å². The Morgan fingerprint density at radius 1 is 0.667 bits per heavy atom. The molecule has 0 aromatic rings. The molecule has 2 heterocycles. The summed E-state index contributed by atoms with van der Waals surface area (Å²) >= 11 is 0. The first kappa shape index (κ1) is 17.2. The quantitative estimate of drug-likeness (QED) is 0.716. The fourth-order valence-electron chi connectivity index (χ4n) is 3.41. The third-order valence-corrected chi connectivity index (χ3v) is 5.20. The van der Waals surface area contributed by atoms with Gasteiger partial charge in [-0.25, -0.2) is 5.32 Å². The van der Waals surface area contributed by atoms with Crippen LogP contribution in [0, 0.1) is 0 Å². The molecule has 0 amide bonds. The minimum absolute atomic E-state index is 0.350. The van der Waals surface area contributed by atoms with E-state index in [0.717, 1.165) is 26.2 Å². The highest BCUT2D eigenvalue weighted by Crippen LogP contribution is 2.09. The van der Waals surface area contributed by atoms with Gasteiger partial charge in [0.05, 0.1) is 12.3 Å². The van der Waals surface area contributed by atoms with Crippen LogP contribution in [-0.2, 0) is 0 Å². The molecular weight excluding hydrogens is 262 g/mol. The highest BCUT2D eigenvalue weighted by atomic mass is 15.4. The lowest BCUT2D eigenvalue weighted by atomic mass is 10.2. The third kappa shape index (κ3) is 4.89. The largest absolute Gasteiger partial charge is 0.301 e. The predicted molar refractivity (Wildman–Crippen MR) is 88.4 cm³/mol. The van der Waals surface area contributed by atoms with E-state index in [1.54, 1.807) is 0 Å². The summed E-state index contributed by atoms with van der Waals surface area (Å²) in [5.41, 5.74) is 0. The van der Waals surface area contributed by atoms with E-state index in [0.29, 0.717) is 12.3 Å². The summed E-state index contributed by atoms with van der Waals surface area (Å²) in [5.74, 6) is 0. The van der Waals surface area contributed by atoms with E-state index in [4.69, 9.17) is 5.32 Å². The highest BCUT2D eigenvalue weighted by molar-refractivity contribution is 4.79. The van der Waals surface area contributed by atoms with Crippen molar-refractivity contribution < 1.29 is 0 Å². The van der Waals surface area contributed by atoms with E-state index in [-0.39, 0.29) is 0 Å². The van der Waals surface area contributed by atoms with Crippen molar-refractivity contribution in [3.63, 3.8) is 0 Å². The van der Waals surface area contributed by atoms with Crippen molar-refractivity contribution in [1.82, 2.24) is 24.9 Å². The average Bonchev–Trinajstić information content (AvgIpc) is 2.55. The summed E-state index contributed by atoms with van der Waals surface area (Å²) in [4.78, 5) is 10.1. The van der Waals surface area contributed by atoms with Gasteiger partial charge in [0.1, 0.15) is 0 Å². The van der Waals surface area contributed by atoms with Crippen LogP contribution in [0.1, 0.15) is 27.7 Å². The smallest absolute Gasteiger partial charge is 0.0751 e. The number of hydrogen-bond acceptors (Lipinski definition) is 4. The minimum Gasteiger partial charge on any atom is -0.301 e. The van der Waals surface area contributed by atoms with E-state index in [9.17, 15) is 0 Å². The number of likely N-dealkylation sites (N-methyl/N-ethyl adjacent to an activating group) is 2. The molecular formula is C16H34N5.